The number of benzene rings is 2. The molecule has 0 saturated carbocycles. The Bertz CT molecular complexity index is 508. The molecule has 2 rings (SSSR count). The monoisotopic (exact) mass is 309 g/mol. The molecule has 0 heterocycles. The molecule has 0 bridgehead atoms. The molecule has 3 heteroatoms. The van der Waals surface area contributed by atoms with E-state index in [9.17, 15) is 0 Å². The number of rotatable bonds is 3. The van der Waals surface area contributed by atoms with Crippen molar-refractivity contribution < 1.29 is 0 Å². The standard InChI is InChI=1S/C14H13BrClN/c1-10-3-2-4-13(14(10)16)17-9-11-5-7-12(15)8-6-11/h2-8,17H,9H2,1H3. The number of hydrogen-bond acceptors (Lipinski definition) is 1. The largest absolute Gasteiger partial charge is 0.380 e. The first kappa shape index (κ1) is 12.5. The van der Waals surface area contributed by atoms with Crippen LogP contribution in [0.4, 0.5) is 5.69 Å². The summed E-state index contributed by atoms with van der Waals surface area (Å²) in [5.74, 6) is 0. The van der Waals surface area contributed by atoms with Crippen molar-refractivity contribution in [3.63, 3.8) is 0 Å². The van der Waals surface area contributed by atoms with E-state index in [-0.39, 0.29) is 0 Å². The van der Waals surface area contributed by atoms with Gasteiger partial charge >= 0.3 is 0 Å². The molecule has 0 atom stereocenters. The molecule has 0 unspecified atom stereocenters. The third-order valence-corrected chi connectivity index (χ3v) is 3.62. The van der Waals surface area contributed by atoms with Crippen molar-refractivity contribution in [2.24, 2.45) is 0 Å². The van der Waals surface area contributed by atoms with Crippen molar-refractivity contribution in [3.05, 3.63) is 63.1 Å². The first-order valence-electron chi connectivity index (χ1n) is 5.40. The van der Waals surface area contributed by atoms with Gasteiger partial charge in [-0.1, -0.05) is 51.8 Å². The highest BCUT2D eigenvalue weighted by Crippen LogP contribution is 2.25. The number of halogens is 2. The first-order valence-corrected chi connectivity index (χ1v) is 6.57. The van der Waals surface area contributed by atoms with Gasteiger partial charge in [0.05, 0.1) is 10.7 Å². The van der Waals surface area contributed by atoms with Gasteiger partial charge in [-0.3, -0.25) is 0 Å². The van der Waals surface area contributed by atoms with Crippen LogP contribution in [-0.4, -0.2) is 0 Å². The maximum absolute atomic E-state index is 6.21. The molecule has 2 aromatic carbocycles. The van der Waals surface area contributed by atoms with Crippen LogP contribution in [0.2, 0.25) is 5.02 Å². The van der Waals surface area contributed by atoms with Crippen molar-refractivity contribution >= 4 is 33.2 Å². The Balaban J connectivity index is 2.07. The summed E-state index contributed by atoms with van der Waals surface area (Å²) in [6.07, 6.45) is 0. The van der Waals surface area contributed by atoms with Gasteiger partial charge in [-0.2, -0.15) is 0 Å². The zero-order valence-electron chi connectivity index (χ0n) is 9.50. The topological polar surface area (TPSA) is 12.0 Å². The number of hydrogen-bond donors (Lipinski definition) is 1. The molecule has 0 aliphatic carbocycles. The molecule has 0 fully saturated rings. The Morgan fingerprint density at radius 2 is 1.82 bits per heavy atom. The Morgan fingerprint density at radius 3 is 2.53 bits per heavy atom. The minimum atomic E-state index is 0.774. The second-order valence-corrected chi connectivity index (χ2v) is 5.21. The summed E-state index contributed by atoms with van der Waals surface area (Å²) < 4.78 is 1.09. The molecule has 0 amide bonds. The fourth-order valence-electron chi connectivity index (χ4n) is 1.58. The lowest BCUT2D eigenvalue weighted by atomic mass is 10.2. The molecule has 0 spiro atoms. The molecule has 88 valence electrons. The number of anilines is 1. The van der Waals surface area contributed by atoms with Crippen LogP contribution in [0, 0.1) is 6.92 Å². The lowest BCUT2D eigenvalue weighted by Gasteiger charge is -2.10. The van der Waals surface area contributed by atoms with Gasteiger partial charge < -0.3 is 5.32 Å². The lowest BCUT2D eigenvalue weighted by Crippen LogP contribution is -2.00. The quantitative estimate of drug-likeness (QED) is 0.839. The second-order valence-electron chi connectivity index (χ2n) is 3.92. The van der Waals surface area contributed by atoms with Crippen molar-refractivity contribution in [3.8, 4) is 0 Å². The van der Waals surface area contributed by atoms with E-state index >= 15 is 0 Å². The summed E-state index contributed by atoms with van der Waals surface area (Å²) >= 11 is 9.64. The maximum atomic E-state index is 6.21. The Labute approximate surface area is 115 Å². The van der Waals surface area contributed by atoms with Crippen molar-refractivity contribution in [1.29, 1.82) is 0 Å². The van der Waals surface area contributed by atoms with Gasteiger partial charge in [-0.25, -0.2) is 0 Å². The van der Waals surface area contributed by atoms with Crippen molar-refractivity contribution in [2.45, 2.75) is 13.5 Å². The summed E-state index contributed by atoms with van der Waals surface area (Å²) in [5, 5.41) is 4.14. The fourth-order valence-corrected chi connectivity index (χ4v) is 2.04. The molecule has 1 N–H and O–H groups in total. The normalized spacial score (nSPS) is 10.3. The molecule has 17 heavy (non-hydrogen) atoms. The Hall–Kier alpha value is -0.990. The molecule has 0 aliphatic heterocycles. The SMILES string of the molecule is Cc1cccc(NCc2ccc(Br)cc2)c1Cl. The summed E-state index contributed by atoms with van der Waals surface area (Å²) in [5.41, 5.74) is 3.30. The van der Waals surface area contributed by atoms with Gasteiger partial charge in [-0.15, -0.1) is 0 Å². The molecule has 1 nitrogen and oxygen atoms in total. The third-order valence-electron chi connectivity index (χ3n) is 2.59. The minimum absolute atomic E-state index is 0.774. The summed E-state index contributed by atoms with van der Waals surface area (Å²) in [6.45, 7) is 2.78. The lowest BCUT2D eigenvalue weighted by molar-refractivity contribution is 1.15. The van der Waals surface area contributed by atoms with E-state index in [4.69, 9.17) is 11.6 Å². The molecule has 0 aliphatic rings. The zero-order chi connectivity index (χ0) is 12.3. The maximum Gasteiger partial charge on any atom is 0.0666 e. The predicted molar refractivity (Wildman–Crippen MR) is 77.7 cm³/mol. The number of aryl methyl sites for hydroxylation is 1. The van der Waals surface area contributed by atoms with E-state index in [1.165, 1.54) is 5.56 Å². The second kappa shape index (κ2) is 5.56. The first-order chi connectivity index (χ1) is 8.16. The molecule has 0 radical (unpaired) electrons. The fraction of sp³-hybridized carbons (Fsp3) is 0.143. The number of nitrogens with one attached hydrogen (secondary N) is 1. The van der Waals surface area contributed by atoms with Gasteiger partial charge in [0.25, 0.3) is 0 Å². The molecular formula is C14H13BrClN. The van der Waals surface area contributed by atoms with Gasteiger partial charge in [0, 0.05) is 11.0 Å². The van der Waals surface area contributed by atoms with Gasteiger partial charge in [0.2, 0.25) is 0 Å². The summed E-state index contributed by atoms with van der Waals surface area (Å²) in [6, 6.07) is 14.2. The van der Waals surface area contributed by atoms with Crippen LogP contribution < -0.4 is 5.32 Å². The molecule has 2 aromatic rings. The van der Waals surface area contributed by atoms with E-state index in [1.54, 1.807) is 0 Å². The van der Waals surface area contributed by atoms with Crippen LogP contribution in [0.3, 0.4) is 0 Å². The van der Waals surface area contributed by atoms with Crippen LogP contribution in [0.25, 0.3) is 0 Å². The van der Waals surface area contributed by atoms with E-state index in [1.807, 2.05) is 37.3 Å². The van der Waals surface area contributed by atoms with Gasteiger partial charge in [0.1, 0.15) is 0 Å². The summed E-state index contributed by atoms with van der Waals surface area (Å²) in [7, 11) is 0. The molecule has 0 aromatic heterocycles. The van der Waals surface area contributed by atoms with E-state index < -0.39 is 0 Å². The highest BCUT2D eigenvalue weighted by atomic mass is 79.9. The predicted octanol–water partition coefficient (Wildman–Crippen LogP) is 5.02. The zero-order valence-corrected chi connectivity index (χ0v) is 11.8. The van der Waals surface area contributed by atoms with Gasteiger partial charge in [-0.05, 0) is 36.2 Å². The van der Waals surface area contributed by atoms with Crippen LogP contribution in [0.5, 0.6) is 0 Å². The minimum Gasteiger partial charge on any atom is -0.380 e. The Morgan fingerprint density at radius 1 is 1.12 bits per heavy atom. The summed E-state index contributed by atoms with van der Waals surface area (Å²) in [4.78, 5) is 0. The Kier molecular flexibility index (Phi) is 4.08. The van der Waals surface area contributed by atoms with Crippen LogP contribution in [0.15, 0.2) is 46.9 Å². The highest BCUT2D eigenvalue weighted by molar-refractivity contribution is 9.10. The average Bonchev–Trinajstić information content (AvgIpc) is 2.33. The smallest absolute Gasteiger partial charge is 0.0666 e. The van der Waals surface area contributed by atoms with Crippen LogP contribution in [-0.2, 0) is 6.54 Å². The van der Waals surface area contributed by atoms with Crippen LogP contribution >= 0.6 is 27.5 Å². The van der Waals surface area contributed by atoms with E-state index in [0.29, 0.717) is 0 Å². The van der Waals surface area contributed by atoms with Gasteiger partial charge in [0.15, 0.2) is 0 Å². The molecule has 0 saturated heterocycles. The third kappa shape index (κ3) is 3.24. The molecular weight excluding hydrogens is 298 g/mol. The van der Waals surface area contributed by atoms with Crippen LogP contribution in [0.1, 0.15) is 11.1 Å². The highest BCUT2D eigenvalue weighted by Gasteiger charge is 2.01. The van der Waals surface area contributed by atoms with E-state index in [0.717, 1.165) is 27.3 Å². The van der Waals surface area contributed by atoms with Crippen molar-refractivity contribution in [2.75, 3.05) is 5.32 Å². The average molecular weight is 311 g/mol. The van der Waals surface area contributed by atoms with Crippen molar-refractivity contribution in [1.82, 2.24) is 0 Å². The van der Waals surface area contributed by atoms with E-state index in [2.05, 4.69) is 33.4 Å².